The Balaban J connectivity index is 1.58. The molecule has 0 bridgehead atoms. The summed E-state index contributed by atoms with van der Waals surface area (Å²) in [7, 11) is 2.22. The smallest absolute Gasteiger partial charge is 0.243 e. The molecule has 2 unspecified atom stereocenters. The van der Waals surface area contributed by atoms with Crippen molar-refractivity contribution in [1.29, 1.82) is 0 Å². The molecule has 2 aromatic carbocycles. The van der Waals surface area contributed by atoms with E-state index in [4.69, 9.17) is 4.42 Å². The van der Waals surface area contributed by atoms with Gasteiger partial charge in [-0.25, -0.2) is 0 Å². The van der Waals surface area contributed by atoms with Gasteiger partial charge in [0.05, 0.1) is 11.3 Å². The molecule has 4 heteroatoms. The molecule has 0 spiro atoms. The zero-order valence-electron chi connectivity index (χ0n) is 41.1. The molecule has 1 N–H and O–H groups in total. The standard InChI is InChI=1S/C59H76BN2O/c1-16-19-42(18-3)47-29-32-56(8,9)34-35-57(10,11)33-30-51(47)61-45(20-17-2)31-38-62(46-26-27-49-50(40-46)59(14,15)37-36-58(49,12)13)53-48-39-43(55(5,6)7)23-28-52(48)63-54(53)60-44-24-21-41(4)22-25-44/h16-33,39-40,49-50,61H,1,3,34-38H2,2,4-15H3/b20-17-,32-29+,33-30+,42-19+,45-31+,51-47-. The number of rotatable bonds is 12. The Hall–Kier alpha value is -4.96. The summed E-state index contributed by atoms with van der Waals surface area (Å²) in [5.41, 5.74) is 12.2. The largest absolute Gasteiger partial charge is 0.469 e. The fourth-order valence-corrected chi connectivity index (χ4v) is 9.42. The van der Waals surface area contributed by atoms with E-state index < -0.39 is 0 Å². The lowest BCUT2D eigenvalue weighted by atomic mass is 9.53. The van der Waals surface area contributed by atoms with Crippen LogP contribution in [0, 0.1) is 40.4 Å². The fraction of sp³-hybridized carbons (Fsp3) is 0.424. The molecular formula is C59H76BN2O. The third kappa shape index (κ3) is 11.2. The molecular weight excluding hydrogens is 763 g/mol. The maximum Gasteiger partial charge on any atom is 0.243 e. The second-order valence-electron chi connectivity index (χ2n) is 22.2. The minimum absolute atomic E-state index is 0.00989. The van der Waals surface area contributed by atoms with E-state index in [1.54, 1.807) is 0 Å². The predicted octanol–water partition coefficient (Wildman–Crippen LogP) is 14.6. The Labute approximate surface area is 383 Å². The molecule has 3 aliphatic rings. The molecule has 3 aromatic rings. The number of aryl methyl sites for hydroxylation is 1. The van der Waals surface area contributed by atoms with Crippen LogP contribution in [0.15, 0.2) is 167 Å². The maximum atomic E-state index is 6.94. The first-order valence-electron chi connectivity index (χ1n) is 23.4. The van der Waals surface area contributed by atoms with E-state index >= 15 is 0 Å². The molecule has 63 heavy (non-hydrogen) atoms. The van der Waals surface area contributed by atoms with Crippen LogP contribution in [0.5, 0.6) is 0 Å². The van der Waals surface area contributed by atoms with Crippen LogP contribution in [-0.4, -0.2) is 13.8 Å². The molecule has 1 aromatic heterocycles. The molecule has 0 amide bonds. The van der Waals surface area contributed by atoms with E-state index in [-0.39, 0.29) is 27.1 Å². The van der Waals surface area contributed by atoms with Crippen LogP contribution >= 0.6 is 0 Å². The molecule has 0 saturated heterocycles. The van der Waals surface area contributed by atoms with E-state index in [9.17, 15) is 0 Å². The zero-order chi connectivity index (χ0) is 46.0. The van der Waals surface area contributed by atoms with E-state index in [1.807, 2.05) is 12.2 Å². The van der Waals surface area contributed by atoms with Crippen LogP contribution in [0.4, 0.5) is 5.69 Å². The van der Waals surface area contributed by atoms with Crippen LogP contribution in [0.25, 0.3) is 11.0 Å². The van der Waals surface area contributed by atoms with Crippen molar-refractivity contribution in [3.05, 3.63) is 174 Å². The van der Waals surface area contributed by atoms with Gasteiger partial charge in [-0.3, -0.25) is 0 Å². The van der Waals surface area contributed by atoms with Gasteiger partial charge >= 0.3 is 0 Å². The molecule has 1 saturated carbocycles. The Morgan fingerprint density at radius 3 is 2.13 bits per heavy atom. The van der Waals surface area contributed by atoms with Crippen molar-refractivity contribution < 1.29 is 4.42 Å². The first-order chi connectivity index (χ1) is 29.6. The maximum absolute atomic E-state index is 6.94. The van der Waals surface area contributed by atoms with Crippen LogP contribution in [0.1, 0.15) is 120 Å². The highest BCUT2D eigenvalue weighted by molar-refractivity contribution is 6.68. The van der Waals surface area contributed by atoms with E-state index in [0.717, 1.165) is 63.2 Å². The van der Waals surface area contributed by atoms with E-state index in [0.29, 0.717) is 18.4 Å². The first kappa shape index (κ1) is 47.5. The van der Waals surface area contributed by atoms with Crippen molar-refractivity contribution >= 4 is 35.1 Å². The van der Waals surface area contributed by atoms with Gasteiger partial charge in [0.25, 0.3) is 0 Å². The number of nitrogens with one attached hydrogen (secondary N) is 1. The topological polar surface area (TPSA) is 28.4 Å². The van der Waals surface area contributed by atoms with Gasteiger partial charge in [0.15, 0.2) is 0 Å². The summed E-state index contributed by atoms with van der Waals surface area (Å²) in [4.78, 5) is 2.52. The van der Waals surface area contributed by atoms with Gasteiger partial charge in [-0.15, -0.1) is 0 Å². The summed E-state index contributed by atoms with van der Waals surface area (Å²) >= 11 is 0. The minimum atomic E-state index is -0.0385. The number of allylic oxidation sites excluding steroid dienone is 14. The van der Waals surface area contributed by atoms with Crippen LogP contribution in [-0.2, 0) is 5.41 Å². The van der Waals surface area contributed by atoms with Crippen molar-refractivity contribution in [1.82, 2.24) is 5.32 Å². The lowest BCUT2D eigenvalue weighted by Crippen LogP contribution is -2.44. The summed E-state index contributed by atoms with van der Waals surface area (Å²) in [6.45, 7) is 39.2. The summed E-state index contributed by atoms with van der Waals surface area (Å²) in [6, 6.07) is 15.5. The third-order valence-electron chi connectivity index (χ3n) is 14.0. The quantitative estimate of drug-likeness (QED) is 0.145. The van der Waals surface area contributed by atoms with Gasteiger partial charge in [-0.05, 0) is 126 Å². The van der Waals surface area contributed by atoms with Crippen LogP contribution < -0.4 is 21.3 Å². The van der Waals surface area contributed by atoms with Crippen molar-refractivity contribution in [3.63, 3.8) is 0 Å². The van der Waals surface area contributed by atoms with Crippen molar-refractivity contribution in [2.24, 2.45) is 33.5 Å². The van der Waals surface area contributed by atoms with Gasteiger partial charge < -0.3 is 14.6 Å². The number of furan rings is 1. The van der Waals surface area contributed by atoms with Crippen LogP contribution in [0.2, 0.25) is 0 Å². The SMILES string of the molecule is C=C/C=C(C=C)/C1=C(NC(/C=C\C)=C/CN(C2=CC3C(C=C2)C(C)(C)CCC3(C)C)c2c([B]c3ccc(C)cc3)oc3ccc(C(C)(C)C)cc23)/C=C/C(C)(C)CCC(C)(C)\C=C\1. The van der Waals surface area contributed by atoms with Crippen molar-refractivity contribution in [3.8, 4) is 0 Å². The molecule has 2 atom stereocenters. The van der Waals surface area contributed by atoms with E-state index in [1.165, 1.54) is 29.7 Å². The number of hydrogen-bond acceptors (Lipinski definition) is 3. The number of fused-ring (bicyclic) bond motifs is 2. The molecule has 331 valence electrons. The average Bonchev–Trinajstić information content (AvgIpc) is 3.57. The second kappa shape index (κ2) is 18.6. The summed E-state index contributed by atoms with van der Waals surface area (Å²) in [5, 5.41) is 5.08. The van der Waals surface area contributed by atoms with E-state index in [2.05, 4.69) is 230 Å². The Morgan fingerprint density at radius 2 is 1.51 bits per heavy atom. The number of benzene rings is 2. The number of nitrogens with zero attached hydrogens (tertiary/aromatic N) is 1. The van der Waals surface area contributed by atoms with Gasteiger partial charge in [0, 0.05) is 34.6 Å². The monoisotopic (exact) mass is 840 g/mol. The minimum Gasteiger partial charge on any atom is -0.469 e. The Morgan fingerprint density at radius 1 is 0.857 bits per heavy atom. The van der Waals surface area contributed by atoms with Gasteiger partial charge in [-0.1, -0.05) is 185 Å². The highest BCUT2D eigenvalue weighted by Crippen LogP contribution is 2.55. The molecule has 3 aliphatic carbocycles. The second-order valence-corrected chi connectivity index (χ2v) is 22.2. The molecule has 6 rings (SSSR count). The van der Waals surface area contributed by atoms with Crippen LogP contribution in [0.3, 0.4) is 0 Å². The molecule has 3 nitrogen and oxygen atoms in total. The van der Waals surface area contributed by atoms with Crippen molar-refractivity contribution in [2.75, 3.05) is 11.4 Å². The fourth-order valence-electron chi connectivity index (χ4n) is 9.42. The first-order valence-corrected chi connectivity index (χ1v) is 23.4. The Bertz CT molecular complexity index is 2420. The van der Waals surface area contributed by atoms with Crippen molar-refractivity contribution in [2.45, 2.75) is 121 Å². The van der Waals surface area contributed by atoms with Gasteiger partial charge in [0.2, 0.25) is 7.28 Å². The number of anilines is 1. The van der Waals surface area contributed by atoms with Gasteiger partial charge in [0.1, 0.15) is 5.58 Å². The highest BCUT2D eigenvalue weighted by atomic mass is 16.3. The Kier molecular flexibility index (Phi) is 14.1. The average molecular weight is 840 g/mol. The summed E-state index contributed by atoms with van der Waals surface area (Å²) in [6.07, 6.45) is 33.9. The van der Waals surface area contributed by atoms with Gasteiger partial charge in [-0.2, -0.15) is 0 Å². The predicted molar refractivity (Wildman–Crippen MR) is 276 cm³/mol. The normalized spacial score (nSPS) is 24.3. The molecule has 1 radical (unpaired) electrons. The summed E-state index contributed by atoms with van der Waals surface area (Å²) in [5.74, 6) is 0.854. The zero-order valence-corrected chi connectivity index (χ0v) is 41.1. The molecule has 1 heterocycles. The molecule has 0 aliphatic heterocycles. The third-order valence-corrected chi connectivity index (χ3v) is 14.0. The lowest BCUT2D eigenvalue weighted by molar-refractivity contribution is 0.0326. The lowest BCUT2D eigenvalue weighted by Gasteiger charge is -2.52. The highest BCUT2D eigenvalue weighted by Gasteiger charge is 2.47. The number of hydrogen-bond donors (Lipinski definition) is 1. The summed E-state index contributed by atoms with van der Waals surface area (Å²) < 4.78 is 6.94. The molecule has 1 fully saturated rings.